The second kappa shape index (κ2) is 9.26. The van der Waals surface area contributed by atoms with Gasteiger partial charge in [0.25, 0.3) is 0 Å². The molecule has 1 atom stereocenters. The van der Waals surface area contributed by atoms with Crippen molar-refractivity contribution < 1.29 is 22.7 Å². The van der Waals surface area contributed by atoms with Crippen LogP contribution in [0.2, 0.25) is 0 Å². The number of carbonyl (C=O) groups excluding carboxylic acids is 2. The number of fused-ring (bicyclic) bond motifs is 1. The highest BCUT2D eigenvalue weighted by atomic mass is 32.2. The zero-order valence-corrected chi connectivity index (χ0v) is 17.3. The van der Waals surface area contributed by atoms with Crippen molar-refractivity contribution in [2.24, 2.45) is 0 Å². The van der Waals surface area contributed by atoms with Gasteiger partial charge in [-0.1, -0.05) is 36.4 Å². The Morgan fingerprint density at radius 1 is 1.10 bits per heavy atom. The molecule has 156 valence electrons. The molecule has 1 heterocycles. The molecular weight excluding hydrogens is 392 g/mol. The van der Waals surface area contributed by atoms with Crippen LogP contribution in [0.1, 0.15) is 19.8 Å². The molecule has 2 amide bonds. The average Bonchev–Trinajstić information content (AvgIpc) is 2.70. The number of nitrogens with zero attached hydrogens (tertiary/aromatic N) is 1. The van der Waals surface area contributed by atoms with Crippen LogP contribution in [0.25, 0.3) is 10.8 Å². The second-order valence-corrected chi connectivity index (χ2v) is 9.50. The van der Waals surface area contributed by atoms with Crippen LogP contribution in [0.15, 0.2) is 42.5 Å². The van der Waals surface area contributed by atoms with E-state index in [4.69, 9.17) is 4.74 Å². The van der Waals surface area contributed by atoms with Crippen LogP contribution in [0, 0.1) is 0 Å². The van der Waals surface area contributed by atoms with Crippen molar-refractivity contribution >= 4 is 32.4 Å². The quantitative estimate of drug-likeness (QED) is 0.692. The summed E-state index contributed by atoms with van der Waals surface area (Å²) in [5.74, 6) is 0.264. The lowest BCUT2D eigenvalue weighted by atomic mass is 10.1. The molecule has 0 spiro atoms. The Hall–Kier alpha value is -2.61. The molecule has 0 aliphatic carbocycles. The predicted octanol–water partition coefficient (Wildman–Crippen LogP) is 1.76. The Kier molecular flexibility index (Phi) is 6.74. The molecule has 0 bridgehead atoms. The number of hydrogen-bond acceptors (Lipinski definition) is 5. The van der Waals surface area contributed by atoms with Gasteiger partial charge in [0.05, 0.1) is 18.1 Å². The van der Waals surface area contributed by atoms with E-state index in [9.17, 15) is 18.0 Å². The highest BCUT2D eigenvalue weighted by molar-refractivity contribution is 7.91. The number of benzene rings is 2. The first kappa shape index (κ1) is 21.1. The van der Waals surface area contributed by atoms with Gasteiger partial charge < -0.3 is 15.0 Å². The van der Waals surface area contributed by atoms with Crippen molar-refractivity contribution in [3.8, 4) is 5.75 Å². The first-order valence-electron chi connectivity index (χ1n) is 9.75. The number of nitrogens with one attached hydrogen (secondary N) is 1. The smallest absolute Gasteiger partial charge is 0.244 e. The predicted molar refractivity (Wildman–Crippen MR) is 112 cm³/mol. The number of ether oxygens (including phenoxy) is 1. The number of carbonyl (C=O) groups is 2. The average molecular weight is 419 g/mol. The van der Waals surface area contributed by atoms with Gasteiger partial charge in [-0.15, -0.1) is 0 Å². The van der Waals surface area contributed by atoms with Gasteiger partial charge in [0.1, 0.15) is 11.8 Å². The molecule has 1 unspecified atom stereocenters. The minimum Gasteiger partial charge on any atom is -0.493 e. The molecule has 1 saturated heterocycles. The van der Waals surface area contributed by atoms with Crippen molar-refractivity contribution in [1.29, 1.82) is 0 Å². The highest BCUT2D eigenvalue weighted by Gasteiger charge is 2.28. The third-order valence-corrected chi connectivity index (χ3v) is 6.57. The van der Waals surface area contributed by atoms with E-state index >= 15 is 0 Å². The molecule has 2 aromatic rings. The van der Waals surface area contributed by atoms with Crippen LogP contribution in [-0.2, 0) is 19.4 Å². The van der Waals surface area contributed by atoms with Crippen LogP contribution in [0.4, 0.5) is 0 Å². The van der Waals surface area contributed by atoms with E-state index in [0.717, 1.165) is 16.5 Å². The molecule has 2 aromatic carbocycles. The van der Waals surface area contributed by atoms with Gasteiger partial charge >= 0.3 is 0 Å². The Balaban J connectivity index is 1.41. The van der Waals surface area contributed by atoms with Crippen molar-refractivity contribution in [3.63, 3.8) is 0 Å². The van der Waals surface area contributed by atoms with Gasteiger partial charge in [0, 0.05) is 24.9 Å². The highest BCUT2D eigenvalue weighted by Crippen LogP contribution is 2.25. The second-order valence-electron chi connectivity index (χ2n) is 7.20. The zero-order valence-electron chi connectivity index (χ0n) is 16.5. The van der Waals surface area contributed by atoms with Gasteiger partial charge in [-0.2, -0.15) is 0 Å². The standard InChI is InChI=1S/C21H26N2O5S/c1-16(21(25)23-11-14-29(26,27)15-12-23)22-20(24)10-5-13-28-19-9-4-7-17-6-2-3-8-18(17)19/h2-4,6-9,16H,5,10-15H2,1H3,(H,22,24). The molecule has 1 aliphatic rings. The monoisotopic (exact) mass is 418 g/mol. The van der Waals surface area contributed by atoms with Crippen molar-refractivity contribution in [3.05, 3.63) is 42.5 Å². The third-order valence-electron chi connectivity index (χ3n) is 4.96. The summed E-state index contributed by atoms with van der Waals surface area (Å²) < 4.78 is 28.8. The maximum Gasteiger partial charge on any atom is 0.244 e. The molecule has 0 radical (unpaired) electrons. The summed E-state index contributed by atoms with van der Waals surface area (Å²) in [6.45, 7) is 2.38. The molecule has 7 nitrogen and oxygen atoms in total. The number of rotatable bonds is 7. The van der Waals surface area contributed by atoms with Gasteiger partial charge in [0.15, 0.2) is 9.84 Å². The van der Waals surface area contributed by atoms with E-state index < -0.39 is 15.9 Å². The SMILES string of the molecule is CC(NC(=O)CCCOc1cccc2ccccc12)C(=O)N1CCS(=O)(=O)CC1. The normalized spacial score (nSPS) is 16.9. The van der Waals surface area contributed by atoms with Crippen molar-refractivity contribution in [2.75, 3.05) is 31.2 Å². The number of amides is 2. The van der Waals surface area contributed by atoms with Crippen LogP contribution < -0.4 is 10.1 Å². The summed E-state index contributed by atoms with van der Waals surface area (Å²) in [7, 11) is -3.04. The van der Waals surface area contributed by atoms with Crippen molar-refractivity contribution in [1.82, 2.24) is 10.2 Å². The maximum atomic E-state index is 12.4. The van der Waals surface area contributed by atoms with E-state index in [1.807, 2.05) is 42.5 Å². The molecule has 3 rings (SSSR count). The van der Waals surface area contributed by atoms with E-state index in [1.165, 1.54) is 4.90 Å². The minimum absolute atomic E-state index is 0.0229. The fourth-order valence-corrected chi connectivity index (χ4v) is 4.52. The molecular formula is C21H26N2O5S. The molecule has 0 saturated carbocycles. The summed E-state index contributed by atoms with van der Waals surface area (Å²) in [6, 6.07) is 13.1. The Labute approximate surface area is 170 Å². The van der Waals surface area contributed by atoms with Gasteiger partial charge in [-0.25, -0.2) is 8.42 Å². The van der Waals surface area contributed by atoms with Crippen LogP contribution >= 0.6 is 0 Å². The molecule has 29 heavy (non-hydrogen) atoms. The van der Waals surface area contributed by atoms with Crippen LogP contribution in [-0.4, -0.2) is 62.4 Å². The summed E-state index contributed by atoms with van der Waals surface area (Å²) in [5.41, 5.74) is 0. The van der Waals surface area contributed by atoms with Gasteiger partial charge in [-0.3, -0.25) is 9.59 Å². The molecule has 1 fully saturated rings. The maximum absolute atomic E-state index is 12.4. The number of sulfone groups is 1. The zero-order chi connectivity index (χ0) is 20.9. The Bertz CT molecular complexity index is 970. The third kappa shape index (κ3) is 5.69. The summed E-state index contributed by atoms with van der Waals surface area (Å²) in [4.78, 5) is 26.0. The fourth-order valence-electron chi connectivity index (χ4n) is 3.32. The lowest BCUT2D eigenvalue weighted by Crippen LogP contribution is -2.51. The first-order chi connectivity index (χ1) is 13.9. The minimum atomic E-state index is -3.04. The summed E-state index contributed by atoms with van der Waals surface area (Å²) in [6.07, 6.45) is 0.773. The van der Waals surface area contributed by atoms with E-state index in [1.54, 1.807) is 6.92 Å². The van der Waals surface area contributed by atoms with E-state index in [0.29, 0.717) is 13.0 Å². The number of hydrogen-bond donors (Lipinski definition) is 1. The largest absolute Gasteiger partial charge is 0.493 e. The lowest BCUT2D eigenvalue weighted by molar-refractivity contribution is -0.135. The van der Waals surface area contributed by atoms with Crippen molar-refractivity contribution in [2.45, 2.75) is 25.8 Å². The van der Waals surface area contributed by atoms with E-state index in [2.05, 4.69) is 5.32 Å². The Morgan fingerprint density at radius 2 is 1.79 bits per heavy atom. The molecule has 0 aromatic heterocycles. The van der Waals surface area contributed by atoms with Gasteiger partial charge in [-0.05, 0) is 24.8 Å². The summed E-state index contributed by atoms with van der Waals surface area (Å²) in [5, 5.41) is 4.82. The first-order valence-corrected chi connectivity index (χ1v) is 11.6. The summed E-state index contributed by atoms with van der Waals surface area (Å²) >= 11 is 0. The molecule has 1 N–H and O–H groups in total. The molecule has 8 heteroatoms. The topological polar surface area (TPSA) is 92.8 Å². The molecule has 1 aliphatic heterocycles. The van der Waals surface area contributed by atoms with Crippen LogP contribution in [0.3, 0.4) is 0 Å². The van der Waals surface area contributed by atoms with E-state index in [-0.39, 0.29) is 42.8 Å². The lowest BCUT2D eigenvalue weighted by Gasteiger charge is -2.29. The fraction of sp³-hybridized carbons (Fsp3) is 0.429. The van der Waals surface area contributed by atoms with Crippen LogP contribution in [0.5, 0.6) is 5.75 Å². The van der Waals surface area contributed by atoms with Gasteiger partial charge in [0.2, 0.25) is 11.8 Å². The Morgan fingerprint density at radius 3 is 2.55 bits per heavy atom.